The van der Waals surface area contributed by atoms with Crippen molar-refractivity contribution in [3.05, 3.63) is 21.7 Å². The predicted molar refractivity (Wildman–Crippen MR) is 53.3 cm³/mol. The van der Waals surface area contributed by atoms with Gasteiger partial charge in [-0.05, 0) is 12.5 Å². The maximum Gasteiger partial charge on any atom is 0.420 e. The van der Waals surface area contributed by atoms with Crippen molar-refractivity contribution in [1.82, 2.24) is 4.57 Å². The molecule has 0 saturated carbocycles. The maximum absolute atomic E-state index is 11.3. The minimum atomic E-state index is -1.26. The van der Waals surface area contributed by atoms with Gasteiger partial charge in [-0.15, -0.1) is 0 Å². The summed E-state index contributed by atoms with van der Waals surface area (Å²) >= 11 is 0. The lowest BCUT2D eigenvalue weighted by molar-refractivity contribution is 0.411. The monoisotopic (exact) mass is 213 g/mol. The van der Waals surface area contributed by atoms with Crippen molar-refractivity contribution in [3.63, 3.8) is 0 Å². The van der Waals surface area contributed by atoms with Crippen molar-refractivity contribution in [2.45, 2.75) is 31.4 Å². The summed E-state index contributed by atoms with van der Waals surface area (Å²) in [7, 11) is -1.26. The molecular weight excluding hydrogens is 202 g/mol. The summed E-state index contributed by atoms with van der Waals surface area (Å²) in [5.41, 5.74) is 0.668. The molecule has 1 atom stereocenters. The van der Waals surface area contributed by atoms with E-state index >= 15 is 0 Å². The summed E-state index contributed by atoms with van der Waals surface area (Å²) in [6.45, 7) is 2.69. The van der Waals surface area contributed by atoms with Crippen LogP contribution in [0.4, 0.5) is 0 Å². The van der Waals surface area contributed by atoms with E-state index in [4.69, 9.17) is 4.42 Å². The molecule has 0 fully saturated rings. The first-order valence-corrected chi connectivity index (χ1v) is 5.77. The largest absolute Gasteiger partial charge is 0.420 e. The second-order valence-electron chi connectivity index (χ2n) is 3.15. The zero-order chi connectivity index (χ0) is 10.1. The molecule has 0 amide bonds. The molecule has 76 valence electrons. The third kappa shape index (κ3) is 1.37. The summed E-state index contributed by atoms with van der Waals surface area (Å²) in [5, 5.41) is 1.84. The lowest BCUT2D eigenvalue weighted by Crippen LogP contribution is -2.15. The third-order valence-corrected chi connectivity index (χ3v) is 3.21. The van der Waals surface area contributed by atoms with Gasteiger partial charge in [-0.2, -0.15) is 0 Å². The number of rotatable bonds is 3. The number of aromatic nitrogens is 1. The van der Waals surface area contributed by atoms with Crippen LogP contribution in [0.1, 0.15) is 25.5 Å². The number of oxazole rings is 1. The van der Waals surface area contributed by atoms with Crippen LogP contribution in [-0.4, -0.2) is 8.78 Å². The normalized spacial score (nSPS) is 18.8. The summed E-state index contributed by atoms with van der Waals surface area (Å²) in [5.74, 6) is -0.402. The van der Waals surface area contributed by atoms with Gasteiger partial charge in [0.1, 0.15) is 16.5 Å². The quantitative estimate of drug-likeness (QED) is 0.761. The Balaban J connectivity index is 2.41. The zero-order valence-electron chi connectivity index (χ0n) is 7.86. The molecule has 1 aromatic rings. The molecule has 4 nitrogen and oxygen atoms in total. The number of hydrogen-bond donors (Lipinski definition) is 0. The highest BCUT2D eigenvalue weighted by molar-refractivity contribution is 7.88. The van der Waals surface area contributed by atoms with Crippen LogP contribution < -0.4 is 5.76 Å². The van der Waals surface area contributed by atoms with Crippen molar-refractivity contribution in [2.24, 2.45) is 0 Å². The molecule has 0 N–H and O–H groups in total. The zero-order valence-corrected chi connectivity index (χ0v) is 8.67. The SMILES string of the molecule is CCCCn1c2c(oc1=O)S(=O)C=C2. The van der Waals surface area contributed by atoms with Gasteiger partial charge in [0.15, 0.2) is 0 Å². The highest BCUT2D eigenvalue weighted by Crippen LogP contribution is 2.22. The van der Waals surface area contributed by atoms with E-state index in [1.165, 1.54) is 5.41 Å². The van der Waals surface area contributed by atoms with E-state index in [-0.39, 0.29) is 0 Å². The van der Waals surface area contributed by atoms with E-state index in [0.717, 1.165) is 12.8 Å². The fourth-order valence-electron chi connectivity index (χ4n) is 1.41. The first kappa shape index (κ1) is 9.45. The summed E-state index contributed by atoms with van der Waals surface area (Å²) in [6, 6.07) is 0. The molecule has 14 heavy (non-hydrogen) atoms. The first-order valence-electron chi connectivity index (χ1n) is 4.56. The minimum absolute atomic E-state index is 0.297. The molecule has 0 bridgehead atoms. The molecule has 1 aliphatic heterocycles. The van der Waals surface area contributed by atoms with E-state index < -0.39 is 16.6 Å². The Morgan fingerprint density at radius 1 is 1.57 bits per heavy atom. The van der Waals surface area contributed by atoms with Crippen molar-refractivity contribution in [2.75, 3.05) is 0 Å². The van der Waals surface area contributed by atoms with E-state index in [2.05, 4.69) is 6.92 Å². The van der Waals surface area contributed by atoms with Gasteiger partial charge >= 0.3 is 5.76 Å². The molecule has 1 aliphatic rings. The average molecular weight is 213 g/mol. The van der Waals surface area contributed by atoms with Gasteiger partial charge in [0.2, 0.25) is 5.09 Å². The molecular formula is C9H11NO3S. The predicted octanol–water partition coefficient (Wildman–Crippen LogP) is 1.33. The van der Waals surface area contributed by atoms with E-state index in [0.29, 0.717) is 17.3 Å². The highest BCUT2D eigenvalue weighted by atomic mass is 32.2. The Labute approximate surface area is 83.7 Å². The summed E-state index contributed by atoms with van der Waals surface area (Å²) < 4.78 is 17.7. The summed E-state index contributed by atoms with van der Waals surface area (Å²) in [4.78, 5) is 11.3. The van der Waals surface area contributed by atoms with Gasteiger partial charge in [-0.3, -0.25) is 4.57 Å². The van der Waals surface area contributed by atoms with Crippen molar-refractivity contribution >= 4 is 16.9 Å². The van der Waals surface area contributed by atoms with Gasteiger partial charge in [0.05, 0.1) is 0 Å². The molecule has 0 aliphatic carbocycles. The van der Waals surface area contributed by atoms with Gasteiger partial charge in [-0.25, -0.2) is 9.00 Å². The molecule has 1 unspecified atom stereocenters. The first-order chi connectivity index (χ1) is 6.74. The molecule has 0 radical (unpaired) electrons. The highest BCUT2D eigenvalue weighted by Gasteiger charge is 2.22. The third-order valence-electron chi connectivity index (χ3n) is 2.17. The fourth-order valence-corrected chi connectivity index (χ4v) is 2.33. The summed E-state index contributed by atoms with van der Waals surface area (Å²) in [6.07, 6.45) is 3.62. The number of hydrogen-bond acceptors (Lipinski definition) is 3. The van der Waals surface area contributed by atoms with E-state index in [9.17, 15) is 9.00 Å². The minimum Gasteiger partial charge on any atom is -0.398 e. The van der Waals surface area contributed by atoms with Crippen LogP contribution in [0.15, 0.2) is 19.7 Å². The van der Waals surface area contributed by atoms with Gasteiger partial charge in [0.25, 0.3) is 0 Å². The molecule has 2 heterocycles. The van der Waals surface area contributed by atoms with Crippen molar-refractivity contribution in [3.8, 4) is 0 Å². The lowest BCUT2D eigenvalue weighted by atomic mass is 10.3. The molecule has 5 heteroatoms. The van der Waals surface area contributed by atoms with Crippen LogP contribution in [0.5, 0.6) is 0 Å². The van der Waals surface area contributed by atoms with Gasteiger partial charge < -0.3 is 4.42 Å². The van der Waals surface area contributed by atoms with Gasteiger partial charge in [0, 0.05) is 12.0 Å². The number of fused-ring (bicyclic) bond motifs is 1. The van der Waals surface area contributed by atoms with Crippen molar-refractivity contribution < 1.29 is 8.63 Å². The Kier molecular flexibility index (Phi) is 2.41. The van der Waals surface area contributed by atoms with Crippen LogP contribution in [-0.2, 0) is 17.3 Å². The van der Waals surface area contributed by atoms with Crippen LogP contribution in [0.3, 0.4) is 0 Å². The van der Waals surface area contributed by atoms with E-state index in [1.807, 2.05) is 0 Å². The van der Waals surface area contributed by atoms with Crippen LogP contribution in [0.25, 0.3) is 6.08 Å². The molecule has 0 saturated heterocycles. The Morgan fingerprint density at radius 2 is 2.36 bits per heavy atom. The second kappa shape index (κ2) is 3.57. The van der Waals surface area contributed by atoms with Crippen LogP contribution in [0.2, 0.25) is 0 Å². The van der Waals surface area contributed by atoms with Crippen LogP contribution >= 0.6 is 0 Å². The van der Waals surface area contributed by atoms with E-state index in [1.54, 1.807) is 10.6 Å². The van der Waals surface area contributed by atoms with Crippen molar-refractivity contribution in [1.29, 1.82) is 0 Å². The molecule has 0 spiro atoms. The Morgan fingerprint density at radius 3 is 3.07 bits per heavy atom. The van der Waals surface area contributed by atoms with Crippen LogP contribution in [0, 0.1) is 0 Å². The molecule has 2 rings (SSSR count). The standard InChI is InChI=1S/C9H11NO3S/c1-2-3-5-10-7-4-6-14(12)8(7)13-9(10)11/h4,6H,2-3,5H2,1H3. The second-order valence-corrected chi connectivity index (χ2v) is 4.38. The van der Waals surface area contributed by atoms with Gasteiger partial charge in [-0.1, -0.05) is 13.3 Å². The number of nitrogens with zero attached hydrogens (tertiary/aromatic N) is 1. The topological polar surface area (TPSA) is 52.2 Å². The Hall–Kier alpha value is -1.10. The Bertz CT molecular complexity index is 455. The smallest absolute Gasteiger partial charge is 0.398 e. The average Bonchev–Trinajstić information content (AvgIpc) is 2.65. The molecule has 0 aromatic carbocycles. The maximum atomic E-state index is 11.3. The lowest BCUT2D eigenvalue weighted by Gasteiger charge is -1.99. The number of unbranched alkanes of at least 4 members (excludes halogenated alkanes) is 1. The fraction of sp³-hybridized carbons (Fsp3) is 0.444. The molecule has 1 aromatic heterocycles.